The second kappa shape index (κ2) is 7.98. The predicted octanol–water partition coefficient (Wildman–Crippen LogP) is 4.78. The Kier molecular flexibility index (Phi) is 6.22. The van der Waals surface area contributed by atoms with Gasteiger partial charge < -0.3 is 9.84 Å². The lowest BCUT2D eigenvalue weighted by Crippen LogP contribution is -2.15. The fourth-order valence-corrected chi connectivity index (χ4v) is 3.52. The van der Waals surface area contributed by atoms with Gasteiger partial charge in [-0.2, -0.15) is 13.2 Å². The first-order chi connectivity index (χ1) is 11.3. The molecule has 0 spiro atoms. The van der Waals surface area contributed by atoms with Crippen LogP contribution in [-0.2, 0) is 10.5 Å². The maximum Gasteiger partial charge on any atom is 0.446 e. The van der Waals surface area contributed by atoms with E-state index in [4.69, 9.17) is 4.52 Å². The number of hydrogen-bond acceptors (Lipinski definition) is 5. The van der Waals surface area contributed by atoms with E-state index >= 15 is 0 Å². The van der Waals surface area contributed by atoms with E-state index in [9.17, 15) is 18.0 Å². The highest BCUT2D eigenvalue weighted by Crippen LogP contribution is 2.40. The van der Waals surface area contributed by atoms with Gasteiger partial charge in [0.1, 0.15) is 5.76 Å². The van der Waals surface area contributed by atoms with E-state index in [2.05, 4.69) is 10.5 Å². The predicted molar refractivity (Wildman–Crippen MR) is 89.1 cm³/mol. The molecule has 0 aliphatic heterocycles. The molecule has 0 saturated heterocycles. The Balaban J connectivity index is 1.91. The molecule has 0 saturated carbocycles. The van der Waals surface area contributed by atoms with Crippen LogP contribution in [0.3, 0.4) is 0 Å². The van der Waals surface area contributed by atoms with Gasteiger partial charge in [0.25, 0.3) is 0 Å². The molecule has 0 radical (unpaired) electrons. The number of alkyl halides is 3. The van der Waals surface area contributed by atoms with E-state index in [1.54, 1.807) is 13.0 Å². The quantitative estimate of drug-likeness (QED) is 0.736. The molecule has 1 amide bonds. The molecular formula is C15H15F3N2O2S2. The largest absolute Gasteiger partial charge is 0.446 e. The van der Waals surface area contributed by atoms with Crippen molar-refractivity contribution in [2.24, 2.45) is 0 Å². The van der Waals surface area contributed by atoms with Gasteiger partial charge in [-0.25, -0.2) is 0 Å². The zero-order valence-corrected chi connectivity index (χ0v) is 14.6. The molecule has 1 heterocycles. The van der Waals surface area contributed by atoms with Gasteiger partial charge in [-0.15, -0.1) is 11.8 Å². The average Bonchev–Trinajstić information content (AvgIpc) is 2.79. The van der Waals surface area contributed by atoms with Gasteiger partial charge >= 0.3 is 5.51 Å². The summed E-state index contributed by atoms with van der Waals surface area (Å²) < 4.78 is 42.6. The molecule has 0 atom stereocenters. The van der Waals surface area contributed by atoms with Crippen molar-refractivity contribution in [2.75, 3.05) is 11.1 Å². The number of hydrogen-bond donors (Lipinski definition) is 1. The number of aryl methyl sites for hydroxylation is 2. The van der Waals surface area contributed by atoms with Gasteiger partial charge in [-0.3, -0.25) is 4.79 Å². The lowest BCUT2D eigenvalue weighted by molar-refractivity contribution is -0.113. The Hall–Kier alpha value is -1.61. The van der Waals surface area contributed by atoms with Crippen molar-refractivity contribution in [1.82, 2.24) is 5.16 Å². The third-order valence-electron chi connectivity index (χ3n) is 3.05. The molecule has 1 aromatic carbocycles. The van der Waals surface area contributed by atoms with E-state index < -0.39 is 5.51 Å². The summed E-state index contributed by atoms with van der Waals surface area (Å²) in [6, 6.07) is 5.85. The van der Waals surface area contributed by atoms with Gasteiger partial charge in [0, 0.05) is 16.2 Å². The average molecular weight is 376 g/mol. The van der Waals surface area contributed by atoms with E-state index in [-0.39, 0.29) is 34.0 Å². The number of rotatable bonds is 6. The molecule has 24 heavy (non-hydrogen) atoms. The minimum Gasteiger partial charge on any atom is -0.361 e. The third-order valence-corrected chi connectivity index (χ3v) is 4.81. The number of nitrogens with one attached hydrogen (secondary N) is 1. The summed E-state index contributed by atoms with van der Waals surface area (Å²) in [6.07, 6.45) is 0. The SMILES string of the molecule is Cc1noc(C)c1CSCC(=O)Nc1ccccc1SC(F)(F)F. The second-order valence-electron chi connectivity index (χ2n) is 4.89. The molecule has 0 fully saturated rings. The summed E-state index contributed by atoms with van der Waals surface area (Å²) in [6.45, 7) is 3.61. The lowest BCUT2D eigenvalue weighted by Gasteiger charge is -2.12. The molecule has 2 aromatic rings. The van der Waals surface area contributed by atoms with Crippen LogP contribution in [0.5, 0.6) is 0 Å². The highest BCUT2D eigenvalue weighted by molar-refractivity contribution is 8.00. The van der Waals surface area contributed by atoms with Gasteiger partial charge in [0.05, 0.1) is 17.1 Å². The number of carbonyl (C=O) groups is 1. The molecule has 0 unspecified atom stereocenters. The molecule has 0 bridgehead atoms. The summed E-state index contributed by atoms with van der Waals surface area (Å²) in [5.74, 6) is 1.01. The smallest absolute Gasteiger partial charge is 0.361 e. The van der Waals surface area contributed by atoms with Crippen LogP contribution in [0.1, 0.15) is 17.0 Å². The van der Waals surface area contributed by atoms with Crippen LogP contribution >= 0.6 is 23.5 Å². The summed E-state index contributed by atoms with van der Waals surface area (Å²) in [7, 11) is 0. The lowest BCUT2D eigenvalue weighted by atomic mass is 10.2. The highest BCUT2D eigenvalue weighted by Gasteiger charge is 2.30. The number of amides is 1. The Bertz CT molecular complexity index is 697. The Labute approximate surface area is 145 Å². The van der Waals surface area contributed by atoms with E-state index in [1.807, 2.05) is 6.92 Å². The summed E-state index contributed by atoms with van der Waals surface area (Å²) in [5, 5.41) is 6.35. The van der Waals surface area contributed by atoms with Crippen molar-refractivity contribution >= 4 is 35.1 Å². The molecule has 4 nitrogen and oxygen atoms in total. The van der Waals surface area contributed by atoms with Crippen LogP contribution in [0.4, 0.5) is 18.9 Å². The number of halogens is 3. The van der Waals surface area contributed by atoms with Gasteiger partial charge in [-0.05, 0) is 37.7 Å². The Morgan fingerprint density at radius 1 is 1.29 bits per heavy atom. The van der Waals surface area contributed by atoms with Crippen molar-refractivity contribution in [3.05, 3.63) is 41.3 Å². The number of thioether (sulfide) groups is 2. The van der Waals surface area contributed by atoms with Gasteiger partial charge in [0.15, 0.2) is 0 Å². The molecule has 0 aliphatic carbocycles. The van der Waals surface area contributed by atoms with Crippen LogP contribution in [0.2, 0.25) is 0 Å². The van der Waals surface area contributed by atoms with Crippen LogP contribution in [0.25, 0.3) is 0 Å². The number of nitrogens with zero attached hydrogens (tertiary/aromatic N) is 1. The zero-order chi connectivity index (χ0) is 17.7. The zero-order valence-electron chi connectivity index (χ0n) is 12.9. The minimum atomic E-state index is -4.40. The number of aromatic nitrogens is 1. The van der Waals surface area contributed by atoms with Gasteiger partial charge in [-0.1, -0.05) is 17.3 Å². The van der Waals surface area contributed by atoms with E-state index in [0.29, 0.717) is 11.5 Å². The summed E-state index contributed by atoms with van der Waals surface area (Å²) in [5.41, 5.74) is -2.55. The first-order valence-corrected chi connectivity index (χ1v) is 8.87. The van der Waals surface area contributed by atoms with Crippen molar-refractivity contribution in [3.63, 3.8) is 0 Å². The first kappa shape index (κ1) is 18.7. The maximum atomic E-state index is 12.5. The number of benzene rings is 1. The van der Waals surface area contributed by atoms with E-state index in [1.165, 1.54) is 30.0 Å². The molecule has 2 rings (SSSR count). The van der Waals surface area contributed by atoms with Crippen molar-refractivity contribution in [2.45, 2.75) is 30.0 Å². The molecule has 9 heteroatoms. The normalized spacial score (nSPS) is 11.5. The Morgan fingerprint density at radius 2 is 2.00 bits per heavy atom. The summed E-state index contributed by atoms with van der Waals surface area (Å²) in [4.78, 5) is 11.9. The van der Waals surface area contributed by atoms with Gasteiger partial charge in [0.2, 0.25) is 5.91 Å². The Morgan fingerprint density at radius 3 is 2.62 bits per heavy atom. The monoisotopic (exact) mass is 376 g/mol. The van der Waals surface area contributed by atoms with E-state index in [0.717, 1.165) is 11.3 Å². The number of para-hydroxylation sites is 1. The molecule has 0 aliphatic rings. The fourth-order valence-electron chi connectivity index (χ4n) is 1.92. The molecule has 1 aromatic heterocycles. The van der Waals surface area contributed by atoms with Crippen molar-refractivity contribution in [3.8, 4) is 0 Å². The fraction of sp³-hybridized carbons (Fsp3) is 0.333. The minimum absolute atomic E-state index is 0.0333. The molecular weight excluding hydrogens is 361 g/mol. The summed E-state index contributed by atoms with van der Waals surface area (Å²) >= 11 is 1.10. The third kappa shape index (κ3) is 5.48. The highest BCUT2D eigenvalue weighted by atomic mass is 32.2. The standard InChI is InChI=1S/C15H15F3N2O2S2/c1-9-11(10(2)22-20-9)7-23-8-14(21)19-12-5-3-4-6-13(12)24-15(16,17)18/h3-6H,7-8H2,1-2H3,(H,19,21). The maximum absolute atomic E-state index is 12.5. The number of anilines is 1. The van der Waals surface area contributed by atoms with Crippen LogP contribution in [-0.4, -0.2) is 22.3 Å². The first-order valence-electron chi connectivity index (χ1n) is 6.90. The van der Waals surface area contributed by atoms with Crippen LogP contribution in [0, 0.1) is 13.8 Å². The van der Waals surface area contributed by atoms with Crippen LogP contribution in [0.15, 0.2) is 33.7 Å². The van der Waals surface area contributed by atoms with Crippen molar-refractivity contribution in [1.29, 1.82) is 0 Å². The second-order valence-corrected chi connectivity index (χ2v) is 6.98. The van der Waals surface area contributed by atoms with Crippen molar-refractivity contribution < 1.29 is 22.5 Å². The molecule has 1 N–H and O–H groups in total. The van der Waals surface area contributed by atoms with Crippen LogP contribution < -0.4 is 5.32 Å². The topological polar surface area (TPSA) is 55.1 Å². The molecule has 130 valence electrons. The number of carbonyl (C=O) groups excluding carboxylic acids is 1.